The standard InChI is InChI=1S/C61H84FN2O8P/c1-37(2)39(5)19-20-40(6)49-27-28-50-48-26-23-44-35-43(29-32-60(44,7)51(48)30-33-61(49,50)8)53(59(67)68)52(72-73(69,70)71)36-47(65)31-34-64-56(38(3)4)55(58(66)63-46-17-13-10-14-18-46)54(41-15-11-9-12-16-41)57(64)42-21-24-45(62)25-22-42/h9-18,21-22,24-25,37-40,43-44,47-53,65H,19-20,23,26-36H2,1-8H3,(H,63,66)(H,67,68)(H2,69,70,71)/t39-,40-,43?,44?,47-,48?,49-,50?,51?,52-,53?,60+,61-/m1/s1. The summed E-state index contributed by atoms with van der Waals surface area (Å²) in [5, 5.41) is 26.2. The Balaban J connectivity index is 1.03. The molecule has 398 valence electrons. The van der Waals surface area contributed by atoms with Crippen molar-refractivity contribution in [3.8, 4) is 22.4 Å². The Kier molecular flexibility index (Phi) is 17.1. The van der Waals surface area contributed by atoms with E-state index >= 15 is 0 Å². The van der Waals surface area contributed by atoms with Crippen LogP contribution in [0.5, 0.6) is 0 Å². The second kappa shape index (κ2) is 22.6. The van der Waals surface area contributed by atoms with Gasteiger partial charge in [0.15, 0.2) is 0 Å². The van der Waals surface area contributed by atoms with E-state index in [0.29, 0.717) is 81.6 Å². The van der Waals surface area contributed by atoms with Crippen LogP contribution in [-0.2, 0) is 20.4 Å². The molecule has 1 amide bonds. The molecule has 0 saturated heterocycles. The van der Waals surface area contributed by atoms with E-state index in [0.717, 1.165) is 36.7 Å². The molecule has 6 unspecified atom stereocenters. The quantitative estimate of drug-likeness (QED) is 0.0548. The van der Waals surface area contributed by atoms with Gasteiger partial charge in [0.2, 0.25) is 0 Å². The number of aliphatic hydroxyl groups is 1. The number of benzene rings is 3. The van der Waals surface area contributed by atoms with Crippen molar-refractivity contribution >= 4 is 25.4 Å². The van der Waals surface area contributed by atoms with Gasteiger partial charge in [0.25, 0.3) is 5.91 Å². The molecule has 3 aromatic carbocycles. The van der Waals surface area contributed by atoms with Crippen LogP contribution < -0.4 is 5.32 Å². The van der Waals surface area contributed by atoms with Crippen molar-refractivity contribution in [3.63, 3.8) is 0 Å². The number of halogens is 1. The zero-order valence-electron chi connectivity index (χ0n) is 44.7. The SMILES string of the molecule is CC(C)c1c(C(=O)Nc2ccccc2)c(-c2ccccc2)c(-c2ccc(F)cc2)n1CC[C@@H](O)C[C@@H](OP(=O)(O)O)C(C(=O)O)C1CC[C@@]2(C)C(CCC3C2CC[C@@]2(C)C3CC[C@@H]2[C@H](C)CC[C@@H](C)C(C)C)C1. The van der Waals surface area contributed by atoms with Crippen LogP contribution in [0.1, 0.15) is 161 Å². The molecule has 4 aliphatic carbocycles. The van der Waals surface area contributed by atoms with E-state index in [4.69, 9.17) is 4.52 Å². The summed E-state index contributed by atoms with van der Waals surface area (Å²) in [7, 11) is -5.21. The van der Waals surface area contributed by atoms with Crippen LogP contribution in [0.4, 0.5) is 10.1 Å². The highest BCUT2D eigenvalue weighted by Crippen LogP contribution is 2.69. The third kappa shape index (κ3) is 11.7. The Hall–Kier alpha value is -4.12. The highest BCUT2D eigenvalue weighted by atomic mass is 31.2. The summed E-state index contributed by atoms with van der Waals surface area (Å²) in [5.74, 6) is 1.35. The number of nitrogens with zero attached hydrogens (tertiary/aromatic N) is 1. The van der Waals surface area contributed by atoms with Crippen molar-refractivity contribution in [3.05, 3.63) is 102 Å². The van der Waals surface area contributed by atoms with Gasteiger partial charge >= 0.3 is 13.8 Å². The fraction of sp³-hybridized carbons (Fsp3) is 0.607. The van der Waals surface area contributed by atoms with Gasteiger partial charge in [-0.1, -0.05) is 117 Å². The Morgan fingerprint density at radius 1 is 0.795 bits per heavy atom. The number of aromatic nitrogens is 1. The summed E-state index contributed by atoms with van der Waals surface area (Å²) in [6, 6.07) is 24.8. The van der Waals surface area contributed by atoms with Crippen molar-refractivity contribution in [2.75, 3.05) is 5.32 Å². The van der Waals surface area contributed by atoms with E-state index < -0.39 is 43.7 Å². The van der Waals surface area contributed by atoms with Crippen LogP contribution in [-0.4, -0.2) is 48.7 Å². The molecule has 0 bridgehead atoms. The van der Waals surface area contributed by atoms with E-state index in [2.05, 4.69) is 46.9 Å². The third-order valence-corrected chi connectivity index (χ3v) is 20.2. The first-order chi connectivity index (χ1) is 34.6. The zero-order chi connectivity index (χ0) is 52.6. The molecule has 4 fully saturated rings. The molecule has 0 spiro atoms. The van der Waals surface area contributed by atoms with E-state index in [9.17, 15) is 38.5 Å². The Morgan fingerprint density at radius 3 is 2.07 bits per heavy atom. The van der Waals surface area contributed by atoms with Crippen LogP contribution in [0.3, 0.4) is 0 Å². The highest BCUT2D eigenvalue weighted by Gasteiger charge is 2.61. The maximum Gasteiger partial charge on any atom is 0.469 e. The molecule has 1 aromatic heterocycles. The largest absolute Gasteiger partial charge is 0.481 e. The van der Waals surface area contributed by atoms with Gasteiger partial charge in [0, 0.05) is 29.9 Å². The number of carboxylic acids is 1. The first-order valence-electron chi connectivity index (χ1n) is 27.7. The second-order valence-corrected chi connectivity index (χ2v) is 25.5. The summed E-state index contributed by atoms with van der Waals surface area (Å²) in [5.41, 5.74) is 4.82. The number of carbonyl (C=O) groups excluding carboxylic acids is 1. The molecule has 4 aromatic rings. The molecule has 13 atom stereocenters. The maximum atomic E-state index is 14.6. The third-order valence-electron chi connectivity index (χ3n) is 19.6. The van der Waals surface area contributed by atoms with Gasteiger partial charge in [-0.2, -0.15) is 0 Å². The number of nitrogens with one attached hydrogen (secondary N) is 1. The number of phosphoric acid groups is 1. The topological polar surface area (TPSA) is 158 Å². The fourth-order valence-electron chi connectivity index (χ4n) is 15.6. The van der Waals surface area contributed by atoms with Crippen molar-refractivity contribution in [1.82, 2.24) is 4.57 Å². The minimum atomic E-state index is -5.21. The summed E-state index contributed by atoms with van der Waals surface area (Å²) in [6.45, 7) is 18.8. The molecule has 10 nitrogen and oxygen atoms in total. The Bertz CT molecular complexity index is 2560. The Labute approximate surface area is 434 Å². The zero-order valence-corrected chi connectivity index (χ0v) is 45.6. The molecular weight excluding hydrogens is 939 g/mol. The molecule has 4 aliphatic rings. The van der Waals surface area contributed by atoms with E-state index in [1.807, 2.05) is 79.1 Å². The van der Waals surface area contributed by atoms with Crippen molar-refractivity contribution in [2.24, 2.45) is 70.0 Å². The lowest BCUT2D eigenvalue weighted by Crippen LogP contribution is -2.54. The number of phosphoric ester groups is 1. The highest BCUT2D eigenvalue weighted by molar-refractivity contribution is 7.46. The smallest absolute Gasteiger partial charge is 0.469 e. The van der Waals surface area contributed by atoms with E-state index in [-0.39, 0.29) is 42.5 Å². The number of hydrogen-bond donors (Lipinski definition) is 5. The number of aliphatic hydroxyl groups excluding tert-OH is 1. The summed E-state index contributed by atoms with van der Waals surface area (Å²) < 4.78 is 34.8. The van der Waals surface area contributed by atoms with Gasteiger partial charge in [-0.25, -0.2) is 8.96 Å². The molecule has 12 heteroatoms. The number of amides is 1. The predicted octanol–water partition coefficient (Wildman–Crippen LogP) is 14.6. The lowest BCUT2D eigenvalue weighted by atomic mass is 9.43. The second-order valence-electron chi connectivity index (χ2n) is 24.4. The van der Waals surface area contributed by atoms with Gasteiger partial charge in [0.05, 0.1) is 29.4 Å². The first-order valence-corrected chi connectivity index (χ1v) is 29.2. The monoisotopic (exact) mass is 1020 g/mol. The number of hydrogen-bond acceptors (Lipinski definition) is 5. The minimum absolute atomic E-state index is 0.0369. The lowest BCUT2D eigenvalue weighted by Gasteiger charge is -2.62. The minimum Gasteiger partial charge on any atom is -0.481 e. The lowest BCUT2D eigenvalue weighted by molar-refractivity contribution is -0.156. The summed E-state index contributed by atoms with van der Waals surface area (Å²) in [6.07, 6.45) is 8.93. The predicted molar refractivity (Wildman–Crippen MR) is 288 cm³/mol. The van der Waals surface area contributed by atoms with Crippen LogP contribution in [0.25, 0.3) is 22.4 Å². The average Bonchev–Trinajstić information content (AvgIpc) is 3.88. The van der Waals surface area contributed by atoms with Crippen LogP contribution >= 0.6 is 7.82 Å². The normalized spacial score (nSPS) is 28.1. The number of fused-ring (bicyclic) bond motifs is 5. The maximum absolute atomic E-state index is 14.6. The van der Waals surface area contributed by atoms with Crippen LogP contribution in [0, 0.1) is 75.8 Å². The first kappa shape index (κ1) is 55.1. The molecule has 0 radical (unpaired) electrons. The molecular formula is C61H84FN2O8P. The van der Waals surface area contributed by atoms with Crippen molar-refractivity contribution in [2.45, 2.75) is 164 Å². The van der Waals surface area contributed by atoms with Gasteiger partial charge < -0.3 is 29.9 Å². The van der Waals surface area contributed by atoms with Gasteiger partial charge in [0.1, 0.15) is 5.82 Å². The molecule has 5 N–H and O–H groups in total. The van der Waals surface area contributed by atoms with Gasteiger partial charge in [-0.3, -0.25) is 14.1 Å². The van der Waals surface area contributed by atoms with Crippen LogP contribution in [0.15, 0.2) is 84.9 Å². The molecule has 4 saturated carbocycles. The van der Waals surface area contributed by atoms with Gasteiger partial charge in [-0.05, 0) is 182 Å². The number of aliphatic carboxylic acids is 1. The van der Waals surface area contributed by atoms with Crippen molar-refractivity contribution in [1.29, 1.82) is 0 Å². The molecule has 8 rings (SSSR count). The molecule has 0 aliphatic heterocycles. The van der Waals surface area contributed by atoms with Crippen molar-refractivity contribution < 1.29 is 43.1 Å². The van der Waals surface area contributed by atoms with E-state index in [1.54, 1.807) is 12.1 Å². The summed E-state index contributed by atoms with van der Waals surface area (Å²) >= 11 is 0. The number of carboxylic acid groups (broad SMARTS) is 1. The summed E-state index contributed by atoms with van der Waals surface area (Å²) in [4.78, 5) is 48.9. The van der Waals surface area contributed by atoms with Gasteiger partial charge in [-0.15, -0.1) is 0 Å². The number of carbonyl (C=O) groups is 2. The number of rotatable bonds is 20. The fourth-order valence-corrected chi connectivity index (χ4v) is 16.2. The van der Waals surface area contributed by atoms with E-state index in [1.165, 1.54) is 50.7 Å². The molecule has 1 heterocycles. The average molecular weight is 1020 g/mol. The Morgan fingerprint density at radius 2 is 1.44 bits per heavy atom. The number of para-hydroxylation sites is 1. The van der Waals surface area contributed by atoms with Crippen LogP contribution in [0.2, 0.25) is 0 Å². The number of anilines is 1. The molecule has 73 heavy (non-hydrogen) atoms.